The summed E-state index contributed by atoms with van der Waals surface area (Å²) in [6.07, 6.45) is 5.29. The molecular formula is C19H18N6O3S. The van der Waals surface area contributed by atoms with E-state index < -0.39 is 10.0 Å². The van der Waals surface area contributed by atoms with Gasteiger partial charge in [0.2, 0.25) is 16.0 Å². The van der Waals surface area contributed by atoms with Crippen LogP contribution in [-0.2, 0) is 10.0 Å². The lowest BCUT2D eigenvalue weighted by atomic mass is 10.2. The van der Waals surface area contributed by atoms with Crippen molar-refractivity contribution >= 4 is 32.7 Å². The lowest BCUT2D eigenvalue weighted by molar-refractivity contribution is 0.515. The smallest absolute Gasteiger partial charge is 0.270 e. The molecule has 1 fully saturated rings. The Morgan fingerprint density at radius 1 is 1.24 bits per heavy atom. The molecule has 3 aromatic rings. The summed E-state index contributed by atoms with van der Waals surface area (Å²) in [4.78, 5) is 21.5. The van der Waals surface area contributed by atoms with E-state index in [0.717, 1.165) is 25.7 Å². The van der Waals surface area contributed by atoms with E-state index in [9.17, 15) is 18.5 Å². The van der Waals surface area contributed by atoms with Gasteiger partial charge in [0.25, 0.3) is 5.56 Å². The Labute approximate surface area is 166 Å². The first-order valence-electron chi connectivity index (χ1n) is 9.09. The van der Waals surface area contributed by atoms with Gasteiger partial charge in [-0.2, -0.15) is 10.2 Å². The first kappa shape index (κ1) is 19.0. The average Bonchev–Trinajstić information content (AvgIpc) is 3.21. The summed E-state index contributed by atoms with van der Waals surface area (Å²) in [5.41, 5.74) is 0.600. The van der Waals surface area contributed by atoms with E-state index >= 15 is 0 Å². The third-order valence-electron chi connectivity index (χ3n) is 5.00. The molecule has 1 aromatic carbocycles. The number of sulfonamides is 1. The summed E-state index contributed by atoms with van der Waals surface area (Å²) in [7, 11) is -3.84. The number of nitrogens with two attached hydrogens (primary N) is 1. The Hall–Kier alpha value is -3.29. The van der Waals surface area contributed by atoms with Gasteiger partial charge in [-0.25, -0.2) is 18.5 Å². The maximum atomic E-state index is 12.8. The van der Waals surface area contributed by atoms with Crippen molar-refractivity contribution in [3.63, 3.8) is 0 Å². The minimum Gasteiger partial charge on any atom is -0.324 e. The van der Waals surface area contributed by atoms with Gasteiger partial charge in [-0.15, -0.1) is 0 Å². The molecule has 4 rings (SSSR count). The van der Waals surface area contributed by atoms with E-state index in [4.69, 9.17) is 5.14 Å². The average molecular weight is 410 g/mol. The molecule has 10 heteroatoms. The predicted molar refractivity (Wildman–Crippen MR) is 107 cm³/mol. The molecule has 2 heterocycles. The van der Waals surface area contributed by atoms with Gasteiger partial charge in [0.15, 0.2) is 0 Å². The molecule has 148 valence electrons. The van der Waals surface area contributed by atoms with Crippen LogP contribution in [0.25, 0.3) is 11.0 Å². The minimum absolute atomic E-state index is 0.00763. The SMILES string of the molecule is N#Cc1cc2cnc(Nc3cccc(S(N)(=O)=O)c3)nc2n(C2CCCC2)c1=O. The lowest BCUT2D eigenvalue weighted by Gasteiger charge is -2.17. The van der Waals surface area contributed by atoms with Crippen molar-refractivity contribution in [3.05, 3.63) is 52.4 Å². The van der Waals surface area contributed by atoms with Crippen LogP contribution in [-0.4, -0.2) is 23.0 Å². The predicted octanol–water partition coefficient (Wildman–Crippen LogP) is 2.17. The van der Waals surface area contributed by atoms with Crippen LogP contribution < -0.4 is 16.0 Å². The summed E-state index contributed by atoms with van der Waals surface area (Å²) in [6.45, 7) is 0. The Bertz CT molecular complexity index is 1300. The van der Waals surface area contributed by atoms with E-state index in [2.05, 4.69) is 15.3 Å². The molecule has 0 unspecified atom stereocenters. The first-order chi connectivity index (χ1) is 13.9. The highest BCUT2D eigenvalue weighted by atomic mass is 32.2. The van der Waals surface area contributed by atoms with Crippen molar-refractivity contribution in [2.75, 3.05) is 5.32 Å². The van der Waals surface area contributed by atoms with E-state index in [1.807, 2.05) is 6.07 Å². The summed E-state index contributed by atoms with van der Waals surface area (Å²) < 4.78 is 24.7. The Balaban J connectivity index is 1.81. The van der Waals surface area contributed by atoms with Crippen molar-refractivity contribution in [2.45, 2.75) is 36.6 Å². The molecule has 29 heavy (non-hydrogen) atoms. The summed E-state index contributed by atoms with van der Waals surface area (Å²) in [5, 5.41) is 18.0. The number of hydrogen-bond donors (Lipinski definition) is 2. The number of primary sulfonamides is 1. The molecule has 0 aliphatic heterocycles. The van der Waals surface area contributed by atoms with Gasteiger partial charge in [0.05, 0.1) is 4.90 Å². The number of pyridine rings is 1. The molecule has 2 aromatic heterocycles. The quantitative estimate of drug-likeness (QED) is 0.670. The van der Waals surface area contributed by atoms with Crippen LogP contribution in [0.3, 0.4) is 0 Å². The molecule has 0 bridgehead atoms. The van der Waals surface area contributed by atoms with E-state index in [-0.39, 0.29) is 28.0 Å². The summed E-state index contributed by atoms with van der Waals surface area (Å²) in [6, 6.07) is 9.42. The van der Waals surface area contributed by atoms with Gasteiger partial charge in [0, 0.05) is 23.3 Å². The van der Waals surface area contributed by atoms with Crippen molar-refractivity contribution in [1.82, 2.24) is 14.5 Å². The molecular weight excluding hydrogens is 392 g/mol. The van der Waals surface area contributed by atoms with Crippen LogP contribution in [0.1, 0.15) is 37.3 Å². The largest absolute Gasteiger partial charge is 0.324 e. The number of anilines is 2. The molecule has 0 radical (unpaired) electrons. The van der Waals surface area contributed by atoms with Gasteiger partial charge in [-0.3, -0.25) is 9.36 Å². The molecule has 1 saturated carbocycles. The molecule has 0 saturated heterocycles. The fourth-order valence-corrected chi connectivity index (χ4v) is 4.20. The molecule has 1 aliphatic carbocycles. The minimum atomic E-state index is -3.84. The Morgan fingerprint density at radius 3 is 2.69 bits per heavy atom. The zero-order valence-electron chi connectivity index (χ0n) is 15.4. The van der Waals surface area contributed by atoms with Crippen molar-refractivity contribution < 1.29 is 8.42 Å². The highest BCUT2D eigenvalue weighted by Crippen LogP contribution is 2.31. The van der Waals surface area contributed by atoms with E-state index in [1.54, 1.807) is 22.9 Å². The second kappa shape index (κ2) is 7.27. The van der Waals surface area contributed by atoms with Crippen LogP contribution >= 0.6 is 0 Å². The fourth-order valence-electron chi connectivity index (χ4n) is 3.64. The number of aromatic nitrogens is 3. The molecule has 1 aliphatic rings. The van der Waals surface area contributed by atoms with Crippen LogP contribution in [0, 0.1) is 11.3 Å². The zero-order chi connectivity index (χ0) is 20.6. The molecule has 0 amide bonds. The monoisotopic (exact) mass is 410 g/mol. The van der Waals surface area contributed by atoms with Gasteiger partial charge in [-0.05, 0) is 37.1 Å². The Morgan fingerprint density at radius 2 is 2.00 bits per heavy atom. The highest BCUT2D eigenvalue weighted by molar-refractivity contribution is 7.89. The number of fused-ring (bicyclic) bond motifs is 1. The van der Waals surface area contributed by atoms with Crippen LogP contribution in [0.2, 0.25) is 0 Å². The Kier molecular flexibility index (Phi) is 4.77. The number of benzene rings is 1. The van der Waals surface area contributed by atoms with Crippen LogP contribution in [0.5, 0.6) is 0 Å². The maximum Gasteiger partial charge on any atom is 0.270 e. The van der Waals surface area contributed by atoms with E-state index in [1.165, 1.54) is 18.2 Å². The van der Waals surface area contributed by atoms with Gasteiger partial charge >= 0.3 is 0 Å². The standard InChI is InChI=1S/C19H18N6O3S/c20-10-12-8-13-11-22-19(23-14-4-3-7-16(9-14)29(21,27)28)24-17(13)25(18(12)26)15-5-1-2-6-15/h3-4,7-9,11,15H,1-2,5-6H2,(H2,21,27,28)(H,22,23,24). The first-order valence-corrected chi connectivity index (χ1v) is 10.6. The van der Waals surface area contributed by atoms with Crippen molar-refractivity contribution in [1.29, 1.82) is 5.26 Å². The molecule has 3 N–H and O–H groups in total. The van der Waals surface area contributed by atoms with Crippen molar-refractivity contribution in [3.8, 4) is 6.07 Å². The number of rotatable bonds is 4. The lowest BCUT2D eigenvalue weighted by Crippen LogP contribution is -2.26. The normalized spacial score (nSPS) is 14.8. The highest BCUT2D eigenvalue weighted by Gasteiger charge is 2.22. The second-order valence-corrected chi connectivity index (χ2v) is 8.52. The summed E-state index contributed by atoms with van der Waals surface area (Å²) in [5.74, 6) is 0.208. The van der Waals surface area contributed by atoms with Crippen LogP contribution in [0.4, 0.5) is 11.6 Å². The number of nitrogens with zero attached hydrogens (tertiary/aromatic N) is 4. The van der Waals surface area contributed by atoms with Crippen molar-refractivity contribution in [2.24, 2.45) is 5.14 Å². The molecule has 0 spiro atoms. The zero-order valence-corrected chi connectivity index (χ0v) is 16.2. The maximum absolute atomic E-state index is 12.8. The van der Waals surface area contributed by atoms with Gasteiger partial charge < -0.3 is 5.32 Å². The number of nitriles is 1. The fraction of sp³-hybridized carbons (Fsp3) is 0.263. The number of hydrogen-bond acceptors (Lipinski definition) is 7. The molecule has 0 atom stereocenters. The van der Waals surface area contributed by atoms with Gasteiger partial charge in [0.1, 0.15) is 17.3 Å². The molecule has 9 nitrogen and oxygen atoms in total. The second-order valence-electron chi connectivity index (χ2n) is 6.95. The summed E-state index contributed by atoms with van der Waals surface area (Å²) >= 11 is 0. The third-order valence-corrected chi connectivity index (χ3v) is 5.91. The number of nitrogens with one attached hydrogen (secondary N) is 1. The third kappa shape index (κ3) is 3.70. The van der Waals surface area contributed by atoms with Crippen LogP contribution in [0.15, 0.2) is 46.2 Å². The van der Waals surface area contributed by atoms with Gasteiger partial charge in [-0.1, -0.05) is 18.9 Å². The topological polar surface area (TPSA) is 144 Å². The van der Waals surface area contributed by atoms with E-state index in [0.29, 0.717) is 16.7 Å².